The van der Waals surface area contributed by atoms with Crippen molar-refractivity contribution in [2.45, 2.75) is 153 Å². The van der Waals surface area contributed by atoms with Crippen molar-refractivity contribution >= 4 is 34.5 Å². The maximum absolute atomic E-state index is 14.1. The molecule has 6 aromatic rings. The Balaban J connectivity index is 0.832. The molecule has 2 atom stereocenters. The van der Waals surface area contributed by atoms with Gasteiger partial charge in [-0.05, 0) is 111 Å². The standard InChI is InChI=1S/C50H58N8O10/c1-47(2,62)49(5)24-28-20-36(55-45(60)34-26-53-57-19-7-17-51-43(34)57)41(23-39(28)68-49)65-32-12-14-33(15-13-32)66-42-16-18-52-44-35(27-54-58(42)44)46(61)56-37-21-29-25-50(6,48(3,4)63)67-38(29)22-40(37)64-31-10-8-30(59)9-11-31/h7,16-23,26-27,30-33,59,62-63H,8-15,24-25H2,1-6H3,(H,55,60)(H,56,61)/t30-,31-,32-,33-,49-,50+/m0/s1. The highest BCUT2D eigenvalue weighted by molar-refractivity contribution is 6.09. The van der Waals surface area contributed by atoms with Gasteiger partial charge in [0.1, 0.15) is 51.4 Å². The summed E-state index contributed by atoms with van der Waals surface area (Å²) >= 11 is 0. The molecule has 18 heteroatoms. The average molecular weight is 931 g/mol. The quantitative estimate of drug-likeness (QED) is 0.0866. The fourth-order valence-corrected chi connectivity index (χ4v) is 9.48. The summed E-state index contributed by atoms with van der Waals surface area (Å²) in [4.78, 5) is 36.7. The molecule has 0 spiro atoms. The van der Waals surface area contributed by atoms with Gasteiger partial charge in [0, 0.05) is 60.8 Å². The lowest BCUT2D eigenvalue weighted by Crippen LogP contribution is -2.51. The van der Waals surface area contributed by atoms with Crippen molar-refractivity contribution in [3.05, 3.63) is 89.6 Å². The molecule has 2 aromatic carbocycles. The summed E-state index contributed by atoms with van der Waals surface area (Å²) in [5.74, 6) is 1.64. The first kappa shape index (κ1) is 45.3. The molecule has 2 aliphatic carbocycles. The van der Waals surface area contributed by atoms with E-state index in [1.807, 2.05) is 26.0 Å². The third-order valence-corrected chi connectivity index (χ3v) is 14.4. The van der Waals surface area contributed by atoms with Gasteiger partial charge in [-0.3, -0.25) is 9.59 Å². The van der Waals surface area contributed by atoms with Crippen LogP contribution in [0.4, 0.5) is 11.4 Å². The number of nitrogens with one attached hydrogen (secondary N) is 2. The third kappa shape index (κ3) is 8.53. The molecule has 2 amide bonds. The molecule has 18 nitrogen and oxygen atoms in total. The van der Waals surface area contributed by atoms with Gasteiger partial charge in [-0.2, -0.15) is 14.7 Å². The molecule has 10 rings (SSSR count). The second-order valence-electron chi connectivity index (χ2n) is 20.2. The number of aliphatic hydroxyl groups excluding tert-OH is 1. The fraction of sp³-hybridized carbons (Fsp3) is 0.480. The average Bonchev–Trinajstić information content (AvgIpc) is 4.08. The summed E-state index contributed by atoms with van der Waals surface area (Å²) in [5, 5.41) is 47.0. The van der Waals surface area contributed by atoms with Gasteiger partial charge in [0.05, 0.1) is 53.3 Å². The Morgan fingerprint density at radius 3 is 1.72 bits per heavy atom. The van der Waals surface area contributed by atoms with E-state index in [-0.39, 0.29) is 30.0 Å². The molecule has 2 saturated carbocycles. The first-order chi connectivity index (χ1) is 32.3. The zero-order valence-electron chi connectivity index (χ0n) is 39.1. The first-order valence-electron chi connectivity index (χ1n) is 23.4. The maximum Gasteiger partial charge on any atom is 0.261 e. The van der Waals surface area contributed by atoms with Crippen LogP contribution in [0.15, 0.2) is 67.4 Å². The molecule has 68 heavy (non-hydrogen) atoms. The van der Waals surface area contributed by atoms with Crippen LogP contribution in [0.5, 0.6) is 28.9 Å². The topological polar surface area (TPSA) is 225 Å². The number of anilines is 2. The van der Waals surface area contributed by atoms with Gasteiger partial charge in [0.2, 0.25) is 5.88 Å². The molecule has 4 aromatic heterocycles. The number of aromatic nitrogens is 6. The van der Waals surface area contributed by atoms with Crippen molar-refractivity contribution in [3.8, 4) is 28.9 Å². The van der Waals surface area contributed by atoms with E-state index in [2.05, 4.69) is 30.8 Å². The number of benzene rings is 2. The van der Waals surface area contributed by atoms with E-state index in [0.717, 1.165) is 11.1 Å². The minimum atomic E-state index is -1.15. The summed E-state index contributed by atoms with van der Waals surface area (Å²) in [6.07, 6.45) is 13.0. The lowest BCUT2D eigenvalue weighted by atomic mass is 9.84. The number of amides is 2. The van der Waals surface area contributed by atoms with Crippen LogP contribution in [0.1, 0.15) is 125 Å². The van der Waals surface area contributed by atoms with E-state index in [0.29, 0.717) is 121 Å². The third-order valence-electron chi connectivity index (χ3n) is 14.4. The molecule has 0 unspecified atom stereocenters. The van der Waals surface area contributed by atoms with Crippen LogP contribution in [0.2, 0.25) is 0 Å². The second kappa shape index (κ2) is 16.9. The van der Waals surface area contributed by atoms with Gasteiger partial charge in [-0.1, -0.05) is 0 Å². The molecule has 0 saturated heterocycles. The van der Waals surface area contributed by atoms with Gasteiger partial charge in [-0.25, -0.2) is 14.5 Å². The number of ether oxygens (including phenoxy) is 5. The minimum Gasteiger partial charge on any atom is -0.488 e. The highest BCUT2D eigenvalue weighted by Gasteiger charge is 2.48. The Kier molecular flexibility index (Phi) is 11.3. The van der Waals surface area contributed by atoms with Crippen molar-refractivity contribution in [2.24, 2.45) is 0 Å². The Hall–Kier alpha value is -6.50. The van der Waals surface area contributed by atoms with Gasteiger partial charge < -0.3 is 49.6 Å². The summed E-state index contributed by atoms with van der Waals surface area (Å²) in [6.45, 7) is 10.6. The summed E-state index contributed by atoms with van der Waals surface area (Å²) in [6, 6.07) is 10.7. The normalized spacial score (nSPS) is 24.7. The Bertz CT molecular complexity index is 2910. The molecular formula is C50H58N8O10. The SMILES string of the molecule is CC(C)(O)[C@@]1(C)Cc2cc(NC(=O)c3cnn4c(O[C@H]5CC[C@H](Oc6cc7c(cc6NC(=O)c6cnn8cccnc68)C[C@@](C)(C(C)(C)O)O7)CC5)ccnc34)c(O[C@H]3CC[C@H](O)CC3)cc2O1. The van der Waals surface area contributed by atoms with Crippen molar-refractivity contribution in [1.82, 2.24) is 29.2 Å². The predicted octanol–water partition coefficient (Wildman–Crippen LogP) is 6.66. The molecule has 5 N–H and O–H groups in total. The lowest BCUT2D eigenvalue weighted by molar-refractivity contribution is -0.0901. The number of rotatable bonds is 12. The summed E-state index contributed by atoms with van der Waals surface area (Å²) in [7, 11) is 0. The van der Waals surface area contributed by atoms with Crippen LogP contribution >= 0.6 is 0 Å². The highest BCUT2D eigenvalue weighted by Crippen LogP contribution is 2.47. The van der Waals surface area contributed by atoms with Crippen molar-refractivity contribution < 1.29 is 48.6 Å². The molecular weight excluding hydrogens is 873 g/mol. The molecule has 0 bridgehead atoms. The molecule has 358 valence electrons. The second-order valence-corrected chi connectivity index (χ2v) is 20.2. The number of carbonyl (C=O) groups is 2. The van der Waals surface area contributed by atoms with E-state index in [4.69, 9.17) is 23.7 Å². The predicted molar refractivity (Wildman–Crippen MR) is 249 cm³/mol. The van der Waals surface area contributed by atoms with E-state index >= 15 is 0 Å². The molecule has 4 aliphatic rings. The number of hydrogen-bond donors (Lipinski definition) is 5. The van der Waals surface area contributed by atoms with Crippen molar-refractivity contribution in [1.29, 1.82) is 0 Å². The molecule has 2 fully saturated rings. The number of nitrogens with zero attached hydrogens (tertiary/aromatic N) is 6. The van der Waals surface area contributed by atoms with Crippen LogP contribution in [0.3, 0.4) is 0 Å². The van der Waals surface area contributed by atoms with E-state index in [1.165, 1.54) is 21.4 Å². The van der Waals surface area contributed by atoms with Crippen LogP contribution in [0.25, 0.3) is 11.3 Å². The van der Waals surface area contributed by atoms with E-state index in [1.54, 1.807) is 70.6 Å². The maximum atomic E-state index is 14.1. The fourth-order valence-electron chi connectivity index (χ4n) is 9.48. The van der Waals surface area contributed by atoms with Crippen LogP contribution in [-0.2, 0) is 12.8 Å². The van der Waals surface area contributed by atoms with E-state index in [9.17, 15) is 24.9 Å². The zero-order chi connectivity index (χ0) is 47.8. The largest absolute Gasteiger partial charge is 0.488 e. The van der Waals surface area contributed by atoms with Gasteiger partial charge in [0.25, 0.3) is 11.8 Å². The molecule has 2 aliphatic heterocycles. The highest BCUT2D eigenvalue weighted by atomic mass is 16.5. The number of aliphatic hydroxyl groups is 3. The van der Waals surface area contributed by atoms with E-state index < -0.39 is 34.2 Å². The van der Waals surface area contributed by atoms with Gasteiger partial charge in [0.15, 0.2) is 11.3 Å². The monoisotopic (exact) mass is 930 g/mol. The van der Waals surface area contributed by atoms with Crippen molar-refractivity contribution in [3.63, 3.8) is 0 Å². The Labute approximate surface area is 392 Å². The number of carbonyl (C=O) groups excluding carboxylic acids is 2. The Morgan fingerprint density at radius 1 is 0.691 bits per heavy atom. The minimum absolute atomic E-state index is 0.155. The molecule has 6 heterocycles. The van der Waals surface area contributed by atoms with Gasteiger partial charge >= 0.3 is 0 Å². The first-order valence-corrected chi connectivity index (χ1v) is 23.4. The smallest absolute Gasteiger partial charge is 0.261 e. The summed E-state index contributed by atoms with van der Waals surface area (Å²) < 4.78 is 35.4. The number of fused-ring (bicyclic) bond motifs is 4. The van der Waals surface area contributed by atoms with Crippen LogP contribution in [-0.4, -0.2) is 103 Å². The summed E-state index contributed by atoms with van der Waals surface area (Å²) in [5.41, 5.74) is -0.220. The Morgan fingerprint density at radius 2 is 1.18 bits per heavy atom. The number of hydrogen-bond acceptors (Lipinski definition) is 14. The zero-order valence-corrected chi connectivity index (χ0v) is 39.1. The lowest BCUT2D eigenvalue weighted by Gasteiger charge is -2.36. The van der Waals surface area contributed by atoms with Crippen molar-refractivity contribution in [2.75, 3.05) is 10.6 Å². The van der Waals surface area contributed by atoms with Crippen LogP contribution < -0.4 is 34.3 Å². The van der Waals surface area contributed by atoms with Crippen LogP contribution in [0, 0.1) is 0 Å². The van der Waals surface area contributed by atoms with Gasteiger partial charge in [-0.15, -0.1) is 0 Å². The molecule has 0 radical (unpaired) electrons.